The van der Waals surface area contributed by atoms with Gasteiger partial charge in [-0.25, -0.2) is 13.1 Å². The van der Waals surface area contributed by atoms with Gasteiger partial charge in [-0.2, -0.15) is 0 Å². The maximum absolute atomic E-state index is 11.8. The molecule has 0 unspecified atom stereocenters. The Morgan fingerprint density at radius 3 is 2.25 bits per heavy atom. The summed E-state index contributed by atoms with van der Waals surface area (Å²) in [5.41, 5.74) is 1.05. The van der Waals surface area contributed by atoms with E-state index in [0.29, 0.717) is 18.0 Å². The second kappa shape index (κ2) is 5.14. The fraction of sp³-hybridized carbons (Fsp3) is 0.400. The first-order valence-electron chi connectivity index (χ1n) is 4.88. The third-order valence-corrected chi connectivity index (χ3v) is 3.97. The second-order valence-electron chi connectivity index (χ2n) is 3.79. The van der Waals surface area contributed by atoms with E-state index in [1.54, 1.807) is 24.3 Å². The molecule has 1 aliphatic heterocycles. The van der Waals surface area contributed by atoms with Crippen molar-refractivity contribution in [3.8, 4) is 0 Å². The van der Waals surface area contributed by atoms with Gasteiger partial charge in [-0.3, -0.25) is 0 Å². The Hall–Kier alpha value is -0.620. The summed E-state index contributed by atoms with van der Waals surface area (Å²) in [6.07, 6.45) is 0. The Morgan fingerprint density at radius 1 is 1.25 bits per heavy atom. The second-order valence-corrected chi connectivity index (χ2v) is 5.50. The van der Waals surface area contributed by atoms with Gasteiger partial charge in [-0.1, -0.05) is 17.7 Å². The van der Waals surface area contributed by atoms with E-state index >= 15 is 0 Å². The fourth-order valence-electron chi connectivity index (χ4n) is 1.38. The molecule has 90 valence electrons. The number of aryl methyl sites for hydroxylation is 1. The van der Waals surface area contributed by atoms with E-state index in [9.17, 15) is 8.42 Å². The van der Waals surface area contributed by atoms with E-state index in [0.717, 1.165) is 5.56 Å². The summed E-state index contributed by atoms with van der Waals surface area (Å²) in [7, 11) is -3.33. The monoisotopic (exact) mass is 262 g/mol. The topological polar surface area (TPSA) is 58.2 Å². The van der Waals surface area contributed by atoms with Crippen LogP contribution in [0.5, 0.6) is 0 Å². The molecule has 0 atom stereocenters. The molecule has 0 aromatic heterocycles. The summed E-state index contributed by atoms with van der Waals surface area (Å²) >= 11 is 0. The van der Waals surface area contributed by atoms with Crippen molar-refractivity contribution in [3.63, 3.8) is 0 Å². The lowest BCUT2D eigenvalue weighted by Gasteiger charge is -2.27. The molecule has 4 nitrogen and oxygen atoms in total. The van der Waals surface area contributed by atoms with Crippen LogP contribution >= 0.6 is 12.4 Å². The van der Waals surface area contributed by atoms with E-state index in [-0.39, 0.29) is 18.4 Å². The van der Waals surface area contributed by atoms with E-state index in [1.807, 2.05) is 6.92 Å². The minimum absolute atomic E-state index is 0. The molecule has 2 N–H and O–H groups in total. The Kier molecular flexibility index (Phi) is 4.32. The molecule has 0 saturated carbocycles. The van der Waals surface area contributed by atoms with Gasteiger partial charge in [0.05, 0.1) is 4.90 Å². The summed E-state index contributed by atoms with van der Waals surface area (Å²) in [4.78, 5) is 0.333. The number of hydrogen-bond donors (Lipinski definition) is 2. The standard InChI is InChI=1S/C10H14N2O2S.ClH/c1-8-2-4-10(5-3-8)15(13,14)12-9-6-11-7-9;/h2-5,9,11-12H,6-7H2,1H3;1H. The van der Waals surface area contributed by atoms with E-state index in [1.165, 1.54) is 0 Å². The van der Waals surface area contributed by atoms with E-state index in [2.05, 4.69) is 10.0 Å². The molecule has 1 fully saturated rings. The molecule has 1 aromatic carbocycles. The summed E-state index contributed by atoms with van der Waals surface area (Å²) in [5, 5.41) is 3.02. The third kappa shape index (κ3) is 2.95. The highest BCUT2D eigenvalue weighted by Crippen LogP contribution is 2.11. The van der Waals surface area contributed by atoms with Crippen LogP contribution in [0, 0.1) is 6.92 Å². The number of hydrogen-bond acceptors (Lipinski definition) is 3. The molecule has 0 bridgehead atoms. The number of halogens is 1. The van der Waals surface area contributed by atoms with E-state index in [4.69, 9.17) is 0 Å². The fourth-order valence-corrected chi connectivity index (χ4v) is 2.61. The molecule has 1 saturated heterocycles. The Morgan fingerprint density at radius 2 is 1.81 bits per heavy atom. The molecule has 0 radical (unpaired) electrons. The van der Waals surface area contributed by atoms with Gasteiger partial charge >= 0.3 is 0 Å². The first kappa shape index (κ1) is 13.4. The predicted molar refractivity (Wildman–Crippen MR) is 65.4 cm³/mol. The van der Waals surface area contributed by atoms with Gasteiger partial charge in [-0.05, 0) is 19.1 Å². The lowest BCUT2D eigenvalue weighted by Crippen LogP contribution is -2.56. The first-order chi connectivity index (χ1) is 7.08. The lowest BCUT2D eigenvalue weighted by molar-refractivity contribution is 0.410. The average Bonchev–Trinajstić information content (AvgIpc) is 2.13. The van der Waals surface area contributed by atoms with Crippen LogP contribution in [0.15, 0.2) is 29.2 Å². The maximum Gasteiger partial charge on any atom is 0.240 e. The van der Waals surface area contributed by atoms with Gasteiger partial charge < -0.3 is 5.32 Å². The van der Waals surface area contributed by atoms with Gasteiger partial charge in [0, 0.05) is 19.1 Å². The summed E-state index contributed by atoms with van der Waals surface area (Å²) in [6.45, 7) is 3.36. The van der Waals surface area contributed by atoms with Crippen molar-refractivity contribution in [2.75, 3.05) is 13.1 Å². The van der Waals surface area contributed by atoms with Gasteiger partial charge in [-0.15, -0.1) is 12.4 Å². The molecular weight excluding hydrogens is 248 g/mol. The van der Waals surface area contributed by atoms with Crippen LogP contribution in [0.25, 0.3) is 0 Å². The number of rotatable bonds is 3. The minimum atomic E-state index is -3.33. The molecule has 0 aliphatic carbocycles. The number of sulfonamides is 1. The zero-order valence-electron chi connectivity index (χ0n) is 8.93. The molecule has 0 spiro atoms. The van der Waals surface area contributed by atoms with Crippen molar-refractivity contribution in [2.45, 2.75) is 17.9 Å². The molecular formula is C10H15ClN2O2S. The molecule has 0 amide bonds. The summed E-state index contributed by atoms with van der Waals surface area (Å²) < 4.78 is 26.3. The zero-order chi connectivity index (χ0) is 10.9. The highest BCUT2D eigenvalue weighted by Gasteiger charge is 2.23. The Labute approximate surface area is 102 Å². The Balaban J connectivity index is 0.00000128. The van der Waals surface area contributed by atoms with Crippen LogP contribution < -0.4 is 10.0 Å². The minimum Gasteiger partial charge on any atom is -0.313 e. The van der Waals surface area contributed by atoms with Crippen LogP contribution in [0.2, 0.25) is 0 Å². The highest BCUT2D eigenvalue weighted by atomic mass is 35.5. The van der Waals surface area contributed by atoms with Gasteiger partial charge in [0.1, 0.15) is 0 Å². The summed E-state index contributed by atoms with van der Waals surface area (Å²) in [6, 6.07) is 6.89. The molecule has 1 aliphatic rings. The van der Waals surface area contributed by atoms with Crippen molar-refractivity contribution >= 4 is 22.4 Å². The first-order valence-corrected chi connectivity index (χ1v) is 6.36. The van der Waals surface area contributed by atoms with Gasteiger partial charge in [0.15, 0.2) is 0 Å². The third-order valence-electron chi connectivity index (χ3n) is 2.43. The molecule has 2 rings (SSSR count). The van der Waals surface area contributed by atoms with Crippen molar-refractivity contribution in [1.29, 1.82) is 0 Å². The van der Waals surface area contributed by atoms with Crippen molar-refractivity contribution in [1.82, 2.24) is 10.0 Å². The van der Waals surface area contributed by atoms with E-state index < -0.39 is 10.0 Å². The normalized spacial score (nSPS) is 16.3. The highest BCUT2D eigenvalue weighted by molar-refractivity contribution is 7.89. The lowest BCUT2D eigenvalue weighted by atomic mass is 10.2. The maximum atomic E-state index is 11.8. The predicted octanol–water partition coefficient (Wildman–Crippen LogP) is 0.667. The van der Waals surface area contributed by atoms with Crippen LogP contribution in [-0.4, -0.2) is 27.5 Å². The van der Waals surface area contributed by atoms with Crippen LogP contribution in [0.4, 0.5) is 0 Å². The van der Waals surface area contributed by atoms with Crippen LogP contribution in [-0.2, 0) is 10.0 Å². The quantitative estimate of drug-likeness (QED) is 0.842. The van der Waals surface area contributed by atoms with Crippen molar-refractivity contribution < 1.29 is 8.42 Å². The largest absolute Gasteiger partial charge is 0.313 e. The number of benzene rings is 1. The van der Waals surface area contributed by atoms with Gasteiger partial charge in [0.2, 0.25) is 10.0 Å². The Bertz CT molecular complexity index is 440. The smallest absolute Gasteiger partial charge is 0.240 e. The average molecular weight is 263 g/mol. The molecule has 6 heteroatoms. The van der Waals surface area contributed by atoms with Crippen molar-refractivity contribution in [3.05, 3.63) is 29.8 Å². The SMILES string of the molecule is Cc1ccc(S(=O)(=O)NC2CNC2)cc1.Cl. The zero-order valence-corrected chi connectivity index (χ0v) is 10.6. The van der Waals surface area contributed by atoms with Crippen molar-refractivity contribution in [2.24, 2.45) is 0 Å². The number of nitrogens with one attached hydrogen (secondary N) is 2. The van der Waals surface area contributed by atoms with Gasteiger partial charge in [0.25, 0.3) is 0 Å². The molecule has 1 heterocycles. The molecule has 1 aromatic rings. The molecule has 16 heavy (non-hydrogen) atoms. The summed E-state index contributed by atoms with van der Waals surface area (Å²) in [5.74, 6) is 0. The van der Waals surface area contributed by atoms with Crippen LogP contribution in [0.3, 0.4) is 0 Å². The van der Waals surface area contributed by atoms with Crippen LogP contribution in [0.1, 0.15) is 5.56 Å².